The van der Waals surface area contributed by atoms with E-state index in [0.29, 0.717) is 31.3 Å². The van der Waals surface area contributed by atoms with Crippen LogP contribution in [0.4, 0.5) is 5.69 Å². The molecule has 0 radical (unpaired) electrons. The summed E-state index contributed by atoms with van der Waals surface area (Å²) in [6.45, 7) is 4.47. The number of hydrogen-bond donors (Lipinski definition) is 1. The first kappa shape index (κ1) is 23.9. The molecule has 5 rings (SSSR count). The first-order valence-electron chi connectivity index (χ1n) is 12.0. The van der Waals surface area contributed by atoms with Crippen molar-refractivity contribution in [2.75, 3.05) is 51.5 Å². The Morgan fingerprint density at radius 2 is 1.75 bits per heavy atom. The minimum Gasteiger partial charge on any atom is -0.454 e. The number of ether oxygens (including phenoxy) is 3. The molecule has 0 bridgehead atoms. The molecular formula is C27H30N4O5. The van der Waals surface area contributed by atoms with Crippen LogP contribution in [0.5, 0.6) is 23.1 Å². The van der Waals surface area contributed by atoms with Crippen molar-refractivity contribution in [3.05, 3.63) is 71.9 Å². The summed E-state index contributed by atoms with van der Waals surface area (Å²) in [5, 5.41) is 9.12. The minimum atomic E-state index is -0.0517. The van der Waals surface area contributed by atoms with Gasteiger partial charge in [-0.05, 0) is 53.6 Å². The molecule has 0 saturated carbocycles. The van der Waals surface area contributed by atoms with Gasteiger partial charge >= 0.3 is 0 Å². The third-order valence-electron chi connectivity index (χ3n) is 6.42. The van der Waals surface area contributed by atoms with E-state index in [0.717, 1.165) is 42.4 Å². The third-order valence-corrected chi connectivity index (χ3v) is 6.42. The first-order chi connectivity index (χ1) is 17.6. The largest absolute Gasteiger partial charge is 0.454 e. The Kier molecular flexibility index (Phi) is 7.20. The van der Waals surface area contributed by atoms with E-state index in [1.807, 2.05) is 53.2 Å². The second-order valence-electron chi connectivity index (χ2n) is 8.96. The van der Waals surface area contributed by atoms with Gasteiger partial charge in [-0.15, -0.1) is 0 Å². The number of pyridine rings is 1. The second kappa shape index (κ2) is 10.8. The van der Waals surface area contributed by atoms with Crippen LogP contribution in [-0.2, 0) is 17.9 Å². The summed E-state index contributed by atoms with van der Waals surface area (Å²) in [6, 6.07) is 17.1. The molecule has 1 fully saturated rings. The highest BCUT2D eigenvalue weighted by atomic mass is 16.7. The fourth-order valence-corrected chi connectivity index (χ4v) is 4.30. The highest BCUT2D eigenvalue weighted by molar-refractivity contribution is 5.81. The predicted molar refractivity (Wildman–Crippen MR) is 134 cm³/mol. The molecule has 2 aromatic carbocycles. The number of amides is 1. The zero-order valence-corrected chi connectivity index (χ0v) is 20.3. The fraction of sp³-hybridized carbons (Fsp3) is 0.333. The van der Waals surface area contributed by atoms with Crippen LogP contribution in [0, 0.1) is 0 Å². The molecule has 0 atom stereocenters. The second-order valence-corrected chi connectivity index (χ2v) is 8.96. The third kappa shape index (κ3) is 5.69. The molecule has 36 heavy (non-hydrogen) atoms. The lowest BCUT2D eigenvalue weighted by Crippen LogP contribution is -2.50. The minimum absolute atomic E-state index is 0.0517. The molecule has 0 unspecified atom stereocenters. The highest BCUT2D eigenvalue weighted by Crippen LogP contribution is 2.33. The molecule has 2 aliphatic rings. The number of benzene rings is 2. The summed E-state index contributed by atoms with van der Waals surface area (Å²) in [4.78, 5) is 23.3. The van der Waals surface area contributed by atoms with Crippen LogP contribution in [0.2, 0.25) is 0 Å². The average Bonchev–Trinajstić information content (AvgIpc) is 3.38. The van der Waals surface area contributed by atoms with Crippen LogP contribution in [0.25, 0.3) is 0 Å². The standard InChI is InChI=1S/C27H30N4O5/c1-29(22-4-6-23(7-5-22)36-26-9-3-21(18-32)15-28-26)17-27(33)31-12-10-30(11-13-31)16-20-2-8-24-25(14-20)35-19-34-24/h2-9,14-15,32H,10-13,16-19H2,1H3. The number of fused-ring (bicyclic) bond motifs is 1. The van der Waals surface area contributed by atoms with Gasteiger partial charge in [0, 0.05) is 57.7 Å². The summed E-state index contributed by atoms with van der Waals surface area (Å²) in [5.74, 6) is 2.83. The molecule has 1 aromatic heterocycles. The van der Waals surface area contributed by atoms with E-state index in [-0.39, 0.29) is 19.3 Å². The van der Waals surface area contributed by atoms with Gasteiger partial charge in [-0.3, -0.25) is 9.69 Å². The lowest BCUT2D eigenvalue weighted by molar-refractivity contribution is -0.131. The van der Waals surface area contributed by atoms with Crippen LogP contribution >= 0.6 is 0 Å². The number of hydrogen-bond acceptors (Lipinski definition) is 8. The number of aliphatic hydroxyl groups excluding tert-OH is 1. The predicted octanol–water partition coefficient (Wildman–Crippen LogP) is 2.88. The summed E-state index contributed by atoms with van der Waals surface area (Å²) < 4.78 is 16.6. The lowest BCUT2D eigenvalue weighted by atomic mass is 10.1. The molecule has 3 aromatic rings. The number of nitrogens with zero attached hydrogens (tertiary/aromatic N) is 4. The van der Waals surface area contributed by atoms with Crippen LogP contribution < -0.4 is 19.1 Å². The van der Waals surface area contributed by atoms with E-state index < -0.39 is 0 Å². The molecule has 9 nitrogen and oxygen atoms in total. The number of rotatable bonds is 8. The average molecular weight is 491 g/mol. The maximum absolute atomic E-state index is 12.9. The van der Waals surface area contributed by atoms with Gasteiger partial charge in [-0.1, -0.05) is 6.07 Å². The molecule has 3 heterocycles. The van der Waals surface area contributed by atoms with Gasteiger partial charge in [0.2, 0.25) is 18.6 Å². The molecule has 1 saturated heterocycles. The topological polar surface area (TPSA) is 87.6 Å². The van der Waals surface area contributed by atoms with E-state index in [2.05, 4.69) is 16.0 Å². The first-order valence-corrected chi connectivity index (χ1v) is 12.0. The number of carbonyl (C=O) groups excluding carboxylic acids is 1. The van der Waals surface area contributed by atoms with Gasteiger partial charge in [-0.25, -0.2) is 4.98 Å². The van der Waals surface area contributed by atoms with Crippen molar-refractivity contribution < 1.29 is 24.1 Å². The van der Waals surface area contributed by atoms with Gasteiger partial charge in [0.15, 0.2) is 11.5 Å². The summed E-state index contributed by atoms with van der Waals surface area (Å²) in [6.07, 6.45) is 1.58. The molecule has 1 N–H and O–H groups in total. The Morgan fingerprint density at radius 3 is 2.47 bits per heavy atom. The van der Waals surface area contributed by atoms with Crippen molar-refractivity contribution in [1.82, 2.24) is 14.8 Å². The molecule has 0 spiro atoms. The number of anilines is 1. The monoisotopic (exact) mass is 490 g/mol. The Hall–Kier alpha value is -3.82. The number of likely N-dealkylation sites (N-methyl/N-ethyl adjacent to an activating group) is 1. The van der Waals surface area contributed by atoms with Crippen molar-refractivity contribution in [3.63, 3.8) is 0 Å². The Morgan fingerprint density at radius 1 is 1.00 bits per heavy atom. The van der Waals surface area contributed by atoms with Gasteiger partial charge in [0.25, 0.3) is 0 Å². The zero-order valence-electron chi connectivity index (χ0n) is 20.3. The quantitative estimate of drug-likeness (QED) is 0.516. The van der Waals surface area contributed by atoms with E-state index in [9.17, 15) is 4.79 Å². The van der Waals surface area contributed by atoms with Crippen molar-refractivity contribution in [1.29, 1.82) is 0 Å². The maximum Gasteiger partial charge on any atom is 0.242 e. The van der Waals surface area contributed by atoms with Gasteiger partial charge in [0.05, 0.1) is 13.2 Å². The zero-order chi connectivity index (χ0) is 24.9. The van der Waals surface area contributed by atoms with Crippen LogP contribution in [0.1, 0.15) is 11.1 Å². The van der Waals surface area contributed by atoms with Crippen LogP contribution in [0.15, 0.2) is 60.8 Å². The molecule has 2 aliphatic heterocycles. The SMILES string of the molecule is CN(CC(=O)N1CCN(Cc2ccc3c(c2)OCO3)CC1)c1ccc(Oc2ccc(CO)cn2)cc1. The van der Waals surface area contributed by atoms with Gasteiger partial charge < -0.3 is 29.1 Å². The number of piperazine rings is 1. The lowest BCUT2D eigenvalue weighted by Gasteiger charge is -2.35. The number of aliphatic hydroxyl groups is 1. The number of carbonyl (C=O) groups is 1. The maximum atomic E-state index is 12.9. The van der Waals surface area contributed by atoms with E-state index in [4.69, 9.17) is 19.3 Å². The summed E-state index contributed by atoms with van der Waals surface area (Å²) >= 11 is 0. The molecule has 9 heteroatoms. The van der Waals surface area contributed by atoms with Crippen molar-refractivity contribution >= 4 is 11.6 Å². The van der Waals surface area contributed by atoms with Gasteiger partial charge in [-0.2, -0.15) is 0 Å². The fourth-order valence-electron chi connectivity index (χ4n) is 4.30. The van der Waals surface area contributed by atoms with Crippen molar-refractivity contribution in [2.45, 2.75) is 13.2 Å². The summed E-state index contributed by atoms with van der Waals surface area (Å²) in [7, 11) is 1.92. The smallest absolute Gasteiger partial charge is 0.242 e. The van der Waals surface area contributed by atoms with Crippen LogP contribution in [-0.4, -0.2) is 72.4 Å². The Balaban J connectivity index is 1.08. The summed E-state index contributed by atoms with van der Waals surface area (Å²) in [5.41, 5.74) is 2.85. The van der Waals surface area contributed by atoms with E-state index in [1.165, 1.54) is 5.56 Å². The van der Waals surface area contributed by atoms with Crippen LogP contribution in [0.3, 0.4) is 0 Å². The molecular weight excluding hydrogens is 460 g/mol. The van der Waals surface area contributed by atoms with E-state index >= 15 is 0 Å². The Labute approximate surface area is 210 Å². The van der Waals surface area contributed by atoms with E-state index in [1.54, 1.807) is 18.3 Å². The normalized spacial score (nSPS) is 15.1. The van der Waals surface area contributed by atoms with Crippen molar-refractivity contribution in [2.24, 2.45) is 0 Å². The molecule has 1 amide bonds. The highest BCUT2D eigenvalue weighted by Gasteiger charge is 2.23. The molecule has 0 aliphatic carbocycles. The molecule has 188 valence electrons. The Bertz CT molecular complexity index is 1180. The van der Waals surface area contributed by atoms with Crippen molar-refractivity contribution in [3.8, 4) is 23.1 Å². The van der Waals surface area contributed by atoms with Gasteiger partial charge in [0.1, 0.15) is 5.75 Å². The number of aromatic nitrogens is 1.